The van der Waals surface area contributed by atoms with Crippen LogP contribution in [0.1, 0.15) is 17.6 Å². The Morgan fingerprint density at radius 1 is 1.32 bits per heavy atom. The molecule has 1 fully saturated rings. The Labute approximate surface area is 239 Å². The van der Waals surface area contributed by atoms with E-state index < -0.39 is 42.5 Å². The lowest BCUT2D eigenvalue weighted by atomic mass is 10.1. The van der Waals surface area contributed by atoms with Crippen LogP contribution in [-0.2, 0) is 48.2 Å². The van der Waals surface area contributed by atoms with Crippen LogP contribution < -0.4 is 11.3 Å². The largest absolute Gasteiger partial charge is 0.369 e. The standard InChI is InChI=1S/C21H21FN9O7PS2/c22-13-11-6-35-21(40)34-2-1-30-12(27-10-3-9(4-23)5-25-16(10)30)7-36-39(33,41)38-15(13)19(37-11)31-8-26-14-17(31)28-20(24)29-18(14)32/h3,5,8,11,13,15,19,21,40H,1-2,6-7H2,(H,33,41)(H3,24,28,29,32)/t11-,13-,15-,19-,21?,39?/m1/s1. The number of halogens is 1. The average molecular weight is 626 g/mol. The number of nitrogens with two attached hydrogens (primary N) is 1. The van der Waals surface area contributed by atoms with Gasteiger partial charge in [0.2, 0.25) is 11.6 Å². The molecular weight excluding hydrogens is 604 g/mol. The highest BCUT2D eigenvalue weighted by molar-refractivity contribution is 8.07. The van der Waals surface area contributed by atoms with Gasteiger partial charge >= 0.3 is 6.72 Å². The first-order valence-electron chi connectivity index (χ1n) is 12.0. The molecule has 2 aliphatic heterocycles. The monoisotopic (exact) mass is 625 g/mol. The van der Waals surface area contributed by atoms with E-state index in [0.29, 0.717) is 16.7 Å². The Morgan fingerprint density at radius 2 is 2.15 bits per heavy atom. The molecule has 216 valence electrons. The number of nitrogens with zero attached hydrogens (tertiary/aromatic N) is 7. The molecule has 0 aromatic carbocycles. The summed E-state index contributed by atoms with van der Waals surface area (Å²) in [5.41, 5.74) is 5.09. The lowest BCUT2D eigenvalue weighted by Gasteiger charge is -2.25. The number of alkyl halides is 1. The summed E-state index contributed by atoms with van der Waals surface area (Å²) >= 11 is 9.50. The molecule has 2 bridgehead atoms. The number of pyridine rings is 1. The average Bonchev–Trinajstić information content (AvgIpc) is 3.59. The fourth-order valence-corrected chi connectivity index (χ4v) is 6.07. The van der Waals surface area contributed by atoms with Crippen LogP contribution in [0, 0.1) is 11.3 Å². The molecule has 2 aliphatic rings. The Hall–Kier alpha value is -3.05. The fraction of sp³-hybridized carbons (Fsp3) is 0.429. The maximum atomic E-state index is 15.8. The summed E-state index contributed by atoms with van der Waals surface area (Å²) in [4.78, 5) is 42.5. The van der Waals surface area contributed by atoms with Crippen molar-refractivity contribution in [2.75, 3.05) is 18.9 Å². The molecule has 0 spiro atoms. The third-order valence-electron chi connectivity index (χ3n) is 6.37. The summed E-state index contributed by atoms with van der Waals surface area (Å²) in [7, 11) is 0. The quantitative estimate of drug-likeness (QED) is 0.169. The Balaban J connectivity index is 1.36. The van der Waals surface area contributed by atoms with Crippen molar-refractivity contribution in [3.63, 3.8) is 0 Å². The van der Waals surface area contributed by atoms with E-state index in [9.17, 15) is 14.9 Å². The summed E-state index contributed by atoms with van der Waals surface area (Å²) < 4.78 is 47.1. The van der Waals surface area contributed by atoms with Crippen molar-refractivity contribution in [3.05, 3.63) is 40.3 Å². The number of nitrogen functional groups attached to an aromatic ring is 1. The van der Waals surface area contributed by atoms with Crippen LogP contribution in [0.25, 0.3) is 22.3 Å². The molecule has 0 aliphatic carbocycles. The highest BCUT2D eigenvalue weighted by Crippen LogP contribution is 2.51. The Bertz CT molecular complexity index is 1780. The first-order chi connectivity index (χ1) is 19.6. The number of imidazole rings is 2. The highest BCUT2D eigenvalue weighted by Gasteiger charge is 2.50. The second kappa shape index (κ2) is 11.0. The van der Waals surface area contributed by atoms with Gasteiger partial charge in [-0.15, -0.1) is 12.6 Å². The van der Waals surface area contributed by atoms with E-state index in [1.807, 2.05) is 6.07 Å². The number of fused-ring (bicyclic) bond motifs is 6. The van der Waals surface area contributed by atoms with Gasteiger partial charge in [-0.3, -0.25) is 18.9 Å². The fourth-order valence-electron chi connectivity index (χ4n) is 4.55. The number of hydrogen-bond donors (Lipinski definition) is 4. The van der Waals surface area contributed by atoms with Gasteiger partial charge in [-0.1, -0.05) is 0 Å². The molecular formula is C21H21FN9O7PS2. The second-order valence-electron chi connectivity index (χ2n) is 8.97. The topological polar surface area (TPSA) is 210 Å². The number of aromatic nitrogens is 7. The Morgan fingerprint density at radius 3 is 2.95 bits per heavy atom. The minimum atomic E-state index is -4.15. The van der Waals surface area contributed by atoms with Gasteiger partial charge in [-0.2, -0.15) is 10.2 Å². The van der Waals surface area contributed by atoms with Crippen molar-refractivity contribution in [1.29, 1.82) is 5.26 Å². The molecule has 16 nitrogen and oxygen atoms in total. The number of hydrogen-bond acceptors (Lipinski definition) is 14. The molecule has 0 saturated carbocycles. The van der Waals surface area contributed by atoms with E-state index in [2.05, 4.69) is 37.5 Å². The minimum Gasteiger partial charge on any atom is -0.369 e. The normalized spacial score (nSPS) is 29.6. The maximum absolute atomic E-state index is 15.8. The smallest absolute Gasteiger partial charge is 0.325 e. The van der Waals surface area contributed by atoms with E-state index in [-0.39, 0.29) is 49.3 Å². The number of H-pyrrole nitrogens is 1. The van der Waals surface area contributed by atoms with Crippen molar-refractivity contribution >= 4 is 59.4 Å². The molecule has 41 heavy (non-hydrogen) atoms. The predicted octanol–water partition coefficient (Wildman–Crippen LogP) is 0.633. The van der Waals surface area contributed by atoms with Crippen molar-refractivity contribution in [2.45, 2.75) is 43.4 Å². The van der Waals surface area contributed by atoms with E-state index in [1.165, 1.54) is 17.1 Å². The summed E-state index contributed by atoms with van der Waals surface area (Å²) in [5, 5.41) is 9.23. The second-order valence-corrected chi connectivity index (χ2v) is 12.2. The number of rotatable bonds is 1. The third-order valence-corrected chi connectivity index (χ3v) is 8.21. The van der Waals surface area contributed by atoms with Crippen LogP contribution in [0.5, 0.6) is 0 Å². The molecule has 1 saturated heterocycles. The molecule has 6 atom stereocenters. The van der Waals surface area contributed by atoms with Gasteiger partial charge < -0.3 is 33.9 Å². The molecule has 20 heteroatoms. The predicted molar refractivity (Wildman–Crippen MR) is 144 cm³/mol. The summed E-state index contributed by atoms with van der Waals surface area (Å²) in [6.45, 7) is -4.50. The third kappa shape index (κ3) is 5.46. The van der Waals surface area contributed by atoms with Gasteiger partial charge in [-0.05, 0) is 17.9 Å². The van der Waals surface area contributed by atoms with Crippen molar-refractivity contribution in [2.24, 2.45) is 0 Å². The number of nitrogens with one attached hydrogen (secondary N) is 1. The zero-order valence-corrected chi connectivity index (χ0v) is 23.3. The maximum Gasteiger partial charge on any atom is 0.325 e. The van der Waals surface area contributed by atoms with E-state index in [4.69, 9.17) is 40.8 Å². The first kappa shape index (κ1) is 28.1. The molecule has 4 N–H and O–H groups in total. The molecule has 6 rings (SSSR count). The van der Waals surface area contributed by atoms with Crippen LogP contribution in [0.4, 0.5) is 10.3 Å². The summed E-state index contributed by atoms with van der Waals surface area (Å²) in [5.74, 6) is 0.0914. The van der Waals surface area contributed by atoms with E-state index in [0.717, 1.165) is 0 Å². The molecule has 4 aromatic heterocycles. The molecule has 0 amide bonds. The molecule has 2 unspecified atom stereocenters. The van der Waals surface area contributed by atoms with Gasteiger partial charge in [-0.25, -0.2) is 19.3 Å². The van der Waals surface area contributed by atoms with Crippen LogP contribution >= 0.6 is 19.3 Å². The van der Waals surface area contributed by atoms with Crippen LogP contribution in [0.2, 0.25) is 0 Å². The highest BCUT2D eigenvalue weighted by atomic mass is 32.5. The van der Waals surface area contributed by atoms with Crippen molar-refractivity contribution in [3.8, 4) is 6.07 Å². The van der Waals surface area contributed by atoms with Gasteiger partial charge in [0.15, 0.2) is 29.2 Å². The van der Waals surface area contributed by atoms with Gasteiger partial charge in [0.1, 0.15) is 36.2 Å². The lowest BCUT2D eigenvalue weighted by molar-refractivity contribution is -0.124. The number of anilines is 1. The number of nitriles is 1. The van der Waals surface area contributed by atoms with Crippen molar-refractivity contribution < 1.29 is 32.5 Å². The van der Waals surface area contributed by atoms with E-state index >= 15 is 4.39 Å². The number of thiol groups is 1. The Kier molecular flexibility index (Phi) is 7.52. The van der Waals surface area contributed by atoms with Gasteiger partial charge in [0.25, 0.3) is 5.56 Å². The minimum absolute atomic E-state index is 0.00598. The van der Waals surface area contributed by atoms with Crippen molar-refractivity contribution in [1.82, 2.24) is 34.1 Å². The SMILES string of the molecule is N#Cc1cnc2c(c1)nc1n2CCOC(S)OC[C@H]2O[C@@H](n3cnc4c(=O)[nH]c(N)nc43)[C@H](OP(O)(=S)OC1)[C@@H]2F. The molecule has 6 heterocycles. The lowest BCUT2D eigenvalue weighted by Crippen LogP contribution is -2.33. The number of ether oxygens (including phenoxy) is 3. The van der Waals surface area contributed by atoms with Crippen LogP contribution in [0.15, 0.2) is 23.4 Å². The summed E-state index contributed by atoms with van der Waals surface area (Å²) in [6.07, 6.45) is -3.36. The van der Waals surface area contributed by atoms with Crippen LogP contribution in [-0.4, -0.2) is 76.2 Å². The van der Waals surface area contributed by atoms with E-state index in [1.54, 1.807) is 10.6 Å². The zero-order chi connectivity index (χ0) is 28.9. The van der Waals surface area contributed by atoms with Crippen LogP contribution in [0.3, 0.4) is 0 Å². The zero-order valence-electron chi connectivity index (χ0n) is 20.7. The summed E-state index contributed by atoms with van der Waals surface area (Å²) in [6, 6.07) is 3.55. The number of aromatic amines is 1. The first-order valence-corrected chi connectivity index (χ1v) is 15.1. The molecule has 0 radical (unpaired) electrons. The van der Waals surface area contributed by atoms with Gasteiger partial charge in [0, 0.05) is 12.7 Å². The molecule has 4 aromatic rings. The van der Waals surface area contributed by atoms with Gasteiger partial charge in [0.05, 0.1) is 25.1 Å².